The zero-order valence-electron chi connectivity index (χ0n) is 22.1. The van der Waals surface area contributed by atoms with Crippen LogP contribution in [0, 0.1) is 5.82 Å². The molecule has 2 aromatic carbocycles. The molecule has 2 aliphatic rings. The molecule has 2 fully saturated rings. The summed E-state index contributed by atoms with van der Waals surface area (Å²) in [5.74, 6) is 0.892. The smallest absolute Gasteiger partial charge is 0.410 e. The Hall–Kier alpha value is -3.29. The Balaban J connectivity index is 1.14. The zero-order chi connectivity index (χ0) is 26.4. The Kier molecular flexibility index (Phi) is 8.56. The van der Waals surface area contributed by atoms with E-state index in [1.807, 2.05) is 51.1 Å². The van der Waals surface area contributed by atoms with E-state index in [-0.39, 0.29) is 17.9 Å². The van der Waals surface area contributed by atoms with E-state index < -0.39 is 5.60 Å². The summed E-state index contributed by atoms with van der Waals surface area (Å²) in [6.45, 7) is 7.90. The lowest BCUT2D eigenvalue weighted by Gasteiger charge is -2.35. The molecule has 0 spiro atoms. The second-order valence-electron chi connectivity index (χ2n) is 10.9. The van der Waals surface area contributed by atoms with Gasteiger partial charge in [-0.05, 0) is 94.2 Å². The maximum absolute atomic E-state index is 13.8. The number of amides is 3. The van der Waals surface area contributed by atoms with Gasteiger partial charge in [-0.2, -0.15) is 0 Å². The number of carbonyl (C=O) groups excluding carboxylic acids is 2. The van der Waals surface area contributed by atoms with Crippen LogP contribution in [-0.2, 0) is 11.2 Å². The van der Waals surface area contributed by atoms with Crippen molar-refractivity contribution in [2.45, 2.75) is 64.4 Å². The number of anilines is 1. The van der Waals surface area contributed by atoms with E-state index in [9.17, 15) is 14.0 Å². The molecule has 0 atom stereocenters. The number of rotatable bonds is 8. The number of halogens is 1. The summed E-state index contributed by atoms with van der Waals surface area (Å²) in [6.07, 6.45) is 4.67. The van der Waals surface area contributed by atoms with Crippen LogP contribution in [0.1, 0.15) is 63.5 Å². The Labute approximate surface area is 218 Å². The fraction of sp³-hybridized carbons (Fsp3) is 0.517. The quantitative estimate of drug-likeness (QED) is 0.429. The van der Waals surface area contributed by atoms with Gasteiger partial charge >= 0.3 is 12.1 Å². The number of nitrogens with one attached hydrogen (secondary N) is 1. The van der Waals surface area contributed by atoms with Crippen molar-refractivity contribution in [3.8, 4) is 5.75 Å². The molecule has 0 unspecified atom stereocenters. The summed E-state index contributed by atoms with van der Waals surface area (Å²) in [4.78, 5) is 28.2. The highest BCUT2D eigenvalue weighted by Gasteiger charge is 2.28. The Morgan fingerprint density at radius 1 is 0.973 bits per heavy atom. The van der Waals surface area contributed by atoms with Crippen molar-refractivity contribution < 1.29 is 23.5 Å². The lowest BCUT2D eigenvalue weighted by Crippen LogP contribution is -2.52. The number of carbonyl (C=O) groups is 2. The van der Waals surface area contributed by atoms with Gasteiger partial charge in [-0.1, -0.05) is 12.1 Å². The van der Waals surface area contributed by atoms with Crippen molar-refractivity contribution in [3.63, 3.8) is 0 Å². The number of hydrogen-bond donors (Lipinski definition) is 1. The van der Waals surface area contributed by atoms with Gasteiger partial charge in [-0.15, -0.1) is 0 Å². The number of unbranched alkanes of at least 4 members (excludes halogenated alkanes) is 1. The first-order chi connectivity index (χ1) is 17.7. The zero-order valence-corrected chi connectivity index (χ0v) is 22.1. The number of ether oxygens (including phenoxy) is 2. The van der Waals surface area contributed by atoms with Crippen LogP contribution >= 0.6 is 0 Å². The molecule has 0 aromatic heterocycles. The van der Waals surface area contributed by atoms with Gasteiger partial charge in [-0.3, -0.25) is 0 Å². The number of piperazine rings is 1. The van der Waals surface area contributed by atoms with Crippen LogP contribution in [0.5, 0.6) is 5.75 Å². The second kappa shape index (κ2) is 11.8. The van der Waals surface area contributed by atoms with E-state index in [0.29, 0.717) is 44.5 Å². The number of urea groups is 1. The van der Waals surface area contributed by atoms with Gasteiger partial charge in [0.1, 0.15) is 17.2 Å². The minimum Gasteiger partial charge on any atom is -0.493 e. The molecule has 0 radical (unpaired) electrons. The van der Waals surface area contributed by atoms with Gasteiger partial charge in [0.2, 0.25) is 0 Å². The third-order valence-corrected chi connectivity index (χ3v) is 6.49. The summed E-state index contributed by atoms with van der Waals surface area (Å²) in [6, 6.07) is 12.7. The minimum absolute atomic E-state index is 0.170. The molecule has 1 saturated carbocycles. The van der Waals surface area contributed by atoms with Gasteiger partial charge < -0.3 is 24.6 Å². The summed E-state index contributed by atoms with van der Waals surface area (Å²) >= 11 is 0. The molecular weight excluding hydrogens is 473 g/mol. The fourth-order valence-corrected chi connectivity index (χ4v) is 4.32. The summed E-state index contributed by atoms with van der Waals surface area (Å²) in [5.41, 5.74) is 2.44. The highest BCUT2D eigenvalue weighted by Crippen LogP contribution is 2.41. The minimum atomic E-state index is -0.534. The number of benzene rings is 2. The topological polar surface area (TPSA) is 71.1 Å². The highest BCUT2D eigenvalue weighted by molar-refractivity contribution is 5.89. The van der Waals surface area contributed by atoms with Gasteiger partial charge in [-0.25, -0.2) is 14.0 Å². The van der Waals surface area contributed by atoms with E-state index in [4.69, 9.17) is 9.47 Å². The molecule has 4 rings (SSSR count). The third-order valence-electron chi connectivity index (χ3n) is 6.49. The Bertz CT molecular complexity index is 1070. The van der Waals surface area contributed by atoms with Crippen molar-refractivity contribution in [2.75, 3.05) is 38.1 Å². The third kappa shape index (κ3) is 8.37. The first-order valence-corrected chi connectivity index (χ1v) is 13.2. The second-order valence-corrected chi connectivity index (χ2v) is 10.9. The lowest BCUT2D eigenvalue weighted by atomic mass is 10.1. The molecular formula is C29H38FN3O4. The first kappa shape index (κ1) is 26.8. The van der Waals surface area contributed by atoms with Crippen LogP contribution in [0.3, 0.4) is 0 Å². The molecule has 200 valence electrons. The van der Waals surface area contributed by atoms with E-state index in [1.54, 1.807) is 15.9 Å². The van der Waals surface area contributed by atoms with Crippen LogP contribution in [0.4, 0.5) is 19.7 Å². The van der Waals surface area contributed by atoms with Gasteiger partial charge in [0, 0.05) is 37.9 Å². The van der Waals surface area contributed by atoms with Crippen molar-refractivity contribution in [1.29, 1.82) is 0 Å². The molecule has 8 heteroatoms. The van der Waals surface area contributed by atoms with Crippen LogP contribution in [0.15, 0.2) is 42.5 Å². The van der Waals surface area contributed by atoms with Crippen molar-refractivity contribution >= 4 is 17.8 Å². The maximum Gasteiger partial charge on any atom is 0.410 e. The molecule has 7 nitrogen and oxygen atoms in total. The molecule has 0 bridgehead atoms. The van der Waals surface area contributed by atoms with Gasteiger partial charge in [0.25, 0.3) is 0 Å². The number of nitrogens with zero attached hydrogens (tertiary/aromatic N) is 2. The number of aryl methyl sites for hydroxylation is 1. The molecule has 37 heavy (non-hydrogen) atoms. The molecule has 1 saturated heterocycles. The first-order valence-electron chi connectivity index (χ1n) is 13.2. The molecule has 2 aromatic rings. The van der Waals surface area contributed by atoms with Crippen LogP contribution < -0.4 is 10.1 Å². The monoisotopic (exact) mass is 511 g/mol. The predicted molar refractivity (Wildman–Crippen MR) is 142 cm³/mol. The average Bonchev–Trinajstić information content (AvgIpc) is 3.69. The molecule has 1 N–H and O–H groups in total. The average molecular weight is 512 g/mol. The van der Waals surface area contributed by atoms with E-state index in [1.165, 1.54) is 11.6 Å². The molecule has 1 aliphatic carbocycles. The van der Waals surface area contributed by atoms with E-state index in [2.05, 4.69) is 5.32 Å². The van der Waals surface area contributed by atoms with Gasteiger partial charge in [0.15, 0.2) is 0 Å². The van der Waals surface area contributed by atoms with Crippen LogP contribution in [0.25, 0.3) is 0 Å². The van der Waals surface area contributed by atoms with Crippen LogP contribution in [0.2, 0.25) is 0 Å². The highest BCUT2D eigenvalue weighted by atomic mass is 19.1. The Morgan fingerprint density at radius 2 is 1.65 bits per heavy atom. The molecule has 1 heterocycles. The lowest BCUT2D eigenvalue weighted by molar-refractivity contribution is 0.0174. The largest absolute Gasteiger partial charge is 0.493 e. The van der Waals surface area contributed by atoms with Gasteiger partial charge in [0.05, 0.1) is 6.61 Å². The maximum atomic E-state index is 13.8. The summed E-state index contributed by atoms with van der Waals surface area (Å²) < 4.78 is 25.0. The van der Waals surface area contributed by atoms with E-state index in [0.717, 1.165) is 43.4 Å². The molecule has 3 amide bonds. The predicted octanol–water partition coefficient (Wildman–Crippen LogP) is 6.19. The standard InChI is InChI=1S/C29H38FN3O4/c1-29(2,3)37-28(35)33-15-13-32(14-16-33)27(34)31-25-11-7-21(8-12-25)6-4-5-17-36-26-19-23(22-9-10-22)18-24(30)20-26/h7-8,11-12,18-20,22H,4-6,9-10,13-17H2,1-3H3,(H,31,34). The number of hydrogen-bond acceptors (Lipinski definition) is 4. The van der Waals surface area contributed by atoms with Crippen LogP contribution in [-0.4, -0.2) is 60.3 Å². The van der Waals surface area contributed by atoms with Crippen molar-refractivity contribution in [1.82, 2.24) is 9.80 Å². The molecule has 1 aliphatic heterocycles. The normalized spacial score (nSPS) is 15.9. The van der Waals surface area contributed by atoms with Crippen molar-refractivity contribution in [3.05, 3.63) is 59.4 Å². The summed E-state index contributed by atoms with van der Waals surface area (Å²) in [7, 11) is 0. The Morgan fingerprint density at radius 3 is 2.30 bits per heavy atom. The fourth-order valence-electron chi connectivity index (χ4n) is 4.32. The summed E-state index contributed by atoms with van der Waals surface area (Å²) in [5, 5.41) is 2.94. The van der Waals surface area contributed by atoms with Crippen molar-refractivity contribution in [2.24, 2.45) is 0 Å². The van der Waals surface area contributed by atoms with E-state index >= 15 is 0 Å². The SMILES string of the molecule is CC(C)(C)OC(=O)N1CCN(C(=O)Nc2ccc(CCCCOc3cc(F)cc(C4CC4)c3)cc2)CC1.